The van der Waals surface area contributed by atoms with Crippen LogP contribution in [0.25, 0.3) is 10.8 Å². The van der Waals surface area contributed by atoms with Gasteiger partial charge in [-0.15, -0.1) is 11.3 Å². The maximum absolute atomic E-state index is 4.67. The molecule has 0 radical (unpaired) electrons. The summed E-state index contributed by atoms with van der Waals surface area (Å²) in [6, 6.07) is 1.81. The Morgan fingerprint density at radius 3 is 2.91 bits per heavy atom. The van der Waals surface area contributed by atoms with Crippen molar-refractivity contribution in [2.24, 2.45) is 0 Å². The lowest BCUT2D eigenvalue weighted by Crippen LogP contribution is -2.31. The minimum atomic E-state index is 0.691. The highest BCUT2D eigenvalue weighted by Crippen LogP contribution is 2.22. The van der Waals surface area contributed by atoms with Crippen molar-refractivity contribution in [1.29, 1.82) is 0 Å². The third kappa shape index (κ3) is 3.11. The second-order valence-electron chi connectivity index (χ2n) is 5.57. The molecule has 0 atom stereocenters. The molecule has 0 fully saturated rings. The Morgan fingerprint density at radius 2 is 2.04 bits per heavy atom. The van der Waals surface area contributed by atoms with Crippen LogP contribution < -0.4 is 0 Å². The number of hydrogen-bond acceptors (Lipinski definition) is 7. The van der Waals surface area contributed by atoms with Crippen molar-refractivity contribution in [3.05, 3.63) is 52.8 Å². The lowest BCUT2D eigenvalue weighted by Gasteiger charge is -2.27. The molecule has 4 rings (SSSR count). The topological polar surface area (TPSA) is 67.7 Å². The molecule has 0 aliphatic carbocycles. The summed E-state index contributed by atoms with van der Waals surface area (Å²) in [7, 11) is 0. The molecule has 0 aromatic carbocycles. The molecule has 0 amide bonds. The second kappa shape index (κ2) is 6.10. The average molecular weight is 324 g/mol. The molecule has 0 saturated heterocycles. The SMILES string of the molecule is Cc1ncc2c(n1)CN(Cc1csc(-c3ncccn3)n1)CC2. The summed E-state index contributed by atoms with van der Waals surface area (Å²) in [5, 5.41) is 2.96. The lowest BCUT2D eigenvalue weighted by atomic mass is 10.1. The third-order valence-corrected chi connectivity index (χ3v) is 4.73. The van der Waals surface area contributed by atoms with Crippen LogP contribution in [0.1, 0.15) is 22.8 Å². The van der Waals surface area contributed by atoms with Crippen LogP contribution >= 0.6 is 11.3 Å². The van der Waals surface area contributed by atoms with Gasteiger partial charge in [-0.05, 0) is 25.0 Å². The van der Waals surface area contributed by atoms with Crippen LogP contribution in [-0.4, -0.2) is 36.4 Å². The van der Waals surface area contributed by atoms with Gasteiger partial charge >= 0.3 is 0 Å². The van der Waals surface area contributed by atoms with E-state index >= 15 is 0 Å². The van der Waals surface area contributed by atoms with E-state index in [-0.39, 0.29) is 0 Å². The van der Waals surface area contributed by atoms with Gasteiger partial charge in [-0.2, -0.15) is 0 Å². The molecule has 7 heteroatoms. The number of nitrogens with zero attached hydrogens (tertiary/aromatic N) is 6. The summed E-state index contributed by atoms with van der Waals surface area (Å²) in [6.45, 7) is 4.62. The van der Waals surface area contributed by atoms with E-state index in [0.29, 0.717) is 5.82 Å². The largest absolute Gasteiger partial charge is 0.291 e. The summed E-state index contributed by atoms with van der Waals surface area (Å²) >= 11 is 1.59. The average Bonchev–Trinajstić information content (AvgIpc) is 3.04. The Hall–Kier alpha value is -2.25. The van der Waals surface area contributed by atoms with Crippen LogP contribution in [0.15, 0.2) is 30.0 Å². The van der Waals surface area contributed by atoms with E-state index < -0.39 is 0 Å². The van der Waals surface area contributed by atoms with Crippen molar-refractivity contribution in [2.45, 2.75) is 26.4 Å². The Labute approximate surface area is 138 Å². The molecule has 3 aromatic heterocycles. The van der Waals surface area contributed by atoms with Crippen LogP contribution in [0.4, 0.5) is 0 Å². The molecule has 4 heterocycles. The molecule has 0 spiro atoms. The van der Waals surface area contributed by atoms with Gasteiger partial charge in [-0.3, -0.25) is 4.90 Å². The normalized spacial score (nSPS) is 14.7. The summed E-state index contributed by atoms with van der Waals surface area (Å²) in [6.07, 6.45) is 6.44. The van der Waals surface area contributed by atoms with Crippen molar-refractivity contribution in [3.63, 3.8) is 0 Å². The first-order chi connectivity index (χ1) is 11.3. The zero-order valence-electron chi connectivity index (χ0n) is 12.8. The number of thiazole rings is 1. The summed E-state index contributed by atoms with van der Waals surface area (Å²) < 4.78 is 0. The fraction of sp³-hybridized carbons (Fsp3) is 0.312. The Bertz CT molecular complexity index is 816. The molecular weight excluding hydrogens is 308 g/mol. The van der Waals surface area contributed by atoms with Gasteiger partial charge in [0.1, 0.15) is 5.82 Å². The molecule has 0 N–H and O–H groups in total. The highest BCUT2D eigenvalue weighted by Gasteiger charge is 2.19. The first-order valence-corrected chi connectivity index (χ1v) is 8.41. The molecule has 0 bridgehead atoms. The minimum Gasteiger partial charge on any atom is -0.291 e. The fourth-order valence-corrected chi connectivity index (χ4v) is 3.47. The van der Waals surface area contributed by atoms with E-state index in [9.17, 15) is 0 Å². The Kier molecular flexibility index (Phi) is 3.80. The van der Waals surface area contributed by atoms with Gasteiger partial charge in [-0.1, -0.05) is 0 Å². The summed E-state index contributed by atoms with van der Waals surface area (Å²) in [4.78, 5) is 24.4. The Morgan fingerprint density at radius 1 is 1.17 bits per heavy atom. The van der Waals surface area contributed by atoms with Crippen molar-refractivity contribution in [1.82, 2.24) is 29.8 Å². The van der Waals surface area contributed by atoms with Crippen LogP contribution in [-0.2, 0) is 19.5 Å². The van der Waals surface area contributed by atoms with Crippen LogP contribution in [0.3, 0.4) is 0 Å². The van der Waals surface area contributed by atoms with E-state index in [4.69, 9.17) is 0 Å². The molecule has 1 aliphatic heterocycles. The number of aryl methyl sites for hydroxylation is 1. The number of fused-ring (bicyclic) bond motifs is 1. The third-order valence-electron chi connectivity index (χ3n) is 3.84. The molecule has 3 aromatic rings. The second-order valence-corrected chi connectivity index (χ2v) is 6.42. The summed E-state index contributed by atoms with van der Waals surface area (Å²) in [5.41, 5.74) is 3.47. The van der Waals surface area contributed by atoms with Gasteiger partial charge in [0, 0.05) is 43.6 Å². The first-order valence-electron chi connectivity index (χ1n) is 7.53. The number of rotatable bonds is 3. The van der Waals surface area contributed by atoms with Gasteiger partial charge in [0.05, 0.1) is 11.4 Å². The molecule has 116 valence electrons. The zero-order valence-corrected chi connectivity index (χ0v) is 13.6. The molecule has 23 heavy (non-hydrogen) atoms. The molecule has 1 aliphatic rings. The summed E-state index contributed by atoms with van der Waals surface area (Å²) in [5.74, 6) is 1.53. The molecule has 0 saturated carbocycles. The predicted molar refractivity (Wildman–Crippen MR) is 87.7 cm³/mol. The van der Waals surface area contributed by atoms with Crippen molar-refractivity contribution in [2.75, 3.05) is 6.54 Å². The monoisotopic (exact) mass is 324 g/mol. The highest BCUT2D eigenvalue weighted by molar-refractivity contribution is 7.13. The molecule has 0 unspecified atom stereocenters. The van der Waals surface area contributed by atoms with E-state index in [1.165, 1.54) is 5.56 Å². The minimum absolute atomic E-state index is 0.691. The van der Waals surface area contributed by atoms with E-state index in [0.717, 1.165) is 48.3 Å². The zero-order chi connectivity index (χ0) is 15.6. The van der Waals surface area contributed by atoms with E-state index in [2.05, 4.69) is 35.2 Å². The quantitative estimate of drug-likeness (QED) is 0.736. The van der Waals surface area contributed by atoms with Gasteiger partial charge in [-0.25, -0.2) is 24.9 Å². The van der Waals surface area contributed by atoms with Crippen molar-refractivity contribution >= 4 is 11.3 Å². The maximum atomic E-state index is 4.67. The van der Waals surface area contributed by atoms with Gasteiger partial charge in [0.2, 0.25) is 0 Å². The highest BCUT2D eigenvalue weighted by atomic mass is 32.1. The van der Waals surface area contributed by atoms with Crippen LogP contribution in [0.2, 0.25) is 0 Å². The van der Waals surface area contributed by atoms with Crippen molar-refractivity contribution in [3.8, 4) is 10.8 Å². The van der Waals surface area contributed by atoms with Crippen molar-refractivity contribution < 1.29 is 0 Å². The van der Waals surface area contributed by atoms with Gasteiger partial charge in [0.25, 0.3) is 0 Å². The number of aromatic nitrogens is 5. The predicted octanol–water partition coefficient (Wildman–Crippen LogP) is 2.26. The first kappa shape index (κ1) is 14.3. The standard InChI is InChI=1S/C16H16N6S/c1-11-19-7-12-3-6-22(9-14(12)20-11)8-13-10-23-16(21-13)15-17-4-2-5-18-15/h2,4-5,7,10H,3,6,8-9H2,1H3. The molecule has 6 nitrogen and oxygen atoms in total. The van der Waals surface area contributed by atoms with Crippen LogP contribution in [0, 0.1) is 6.92 Å². The molecular formula is C16H16N6S. The van der Waals surface area contributed by atoms with Gasteiger partial charge < -0.3 is 0 Å². The maximum Gasteiger partial charge on any atom is 0.188 e. The lowest BCUT2D eigenvalue weighted by molar-refractivity contribution is 0.238. The number of hydrogen-bond donors (Lipinski definition) is 0. The smallest absolute Gasteiger partial charge is 0.188 e. The van der Waals surface area contributed by atoms with E-state index in [1.807, 2.05) is 19.2 Å². The Balaban J connectivity index is 1.48. The fourth-order valence-electron chi connectivity index (χ4n) is 2.71. The van der Waals surface area contributed by atoms with E-state index in [1.54, 1.807) is 23.7 Å². The van der Waals surface area contributed by atoms with Crippen LogP contribution in [0.5, 0.6) is 0 Å². The van der Waals surface area contributed by atoms with Gasteiger partial charge in [0.15, 0.2) is 10.8 Å².